The molecule has 3 N–H and O–H groups in total. The van der Waals surface area contributed by atoms with Crippen molar-refractivity contribution in [2.24, 2.45) is 35.5 Å². The third-order valence-electron chi connectivity index (χ3n) is 10.2. The van der Waals surface area contributed by atoms with Gasteiger partial charge in [-0.1, -0.05) is 47.2 Å². The quantitative estimate of drug-likeness (QED) is 0.217. The van der Waals surface area contributed by atoms with E-state index < -0.39 is 65.8 Å². The van der Waals surface area contributed by atoms with Gasteiger partial charge in [0.25, 0.3) is 5.91 Å². The van der Waals surface area contributed by atoms with Gasteiger partial charge in [0, 0.05) is 31.8 Å². The van der Waals surface area contributed by atoms with Gasteiger partial charge in [0.1, 0.15) is 11.8 Å². The highest BCUT2D eigenvalue weighted by Crippen LogP contribution is 2.69. The number of rotatable bonds is 9. The van der Waals surface area contributed by atoms with Gasteiger partial charge in [-0.05, 0) is 72.9 Å². The number of alkyl halides is 3. The van der Waals surface area contributed by atoms with Crippen molar-refractivity contribution in [3.05, 3.63) is 72.6 Å². The minimum atomic E-state index is -4.58. The van der Waals surface area contributed by atoms with Gasteiger partial charge >= 0.3 is 17.0 Å². The third kappa shape index (κ3) is 5.96. The molecule has 2 aliphatic heterocycles. The van der Waals surface area contributed by atoms with E-state index in [-0.39, 0.29) is 45.9 Å². The van der Waals surface area contributed by atoms with Gasteiger partial charge in [0.2, 0.25) is 11.8 Å². The van der Waals surface area contributed by atoms with Gasteiger partial charge in [0.05, 0.1) is 22.4 Å². The normalized spacial score (nSPS) is 27.3. The molecule has 2 aromatic carbocycles. The number of likely N-dealkylation sites (tertiary alicyclic amines) is 1. The molecule has 1 aromatic heterocycles. The van der Waals surface area contributed by atoms with E-state index in [0.717, 1.165) is 33.2 Å². The Labute approximate surface area is 300 Å². The number of anilines is 1. The summed E-state index contributed by atoms with van der Waals surface area (Å²) >= 11 is 6.05. The number of thioether (sulfide) groups is 1. The molecule has 7 unspecified atom stereocenters. The summed E-state index contributed by atoms with van der Waals surface area (Å²) in [4.78, 5) is 70.3. The van der Waals surface area contributed by atoms with Crippen LogP contribution in [0, 0.1) is 35.5 Å². The smallest absolute Gasteiger partial charge is 0.416 e. The Hall–Kier alpha value is -3.63. The maximum Gasteiger partial charge on any atom is 0.416 e. The molecule has 2 bridgehead atoms. The number of carboxylic acid groups (broad SMARTS) is 1. The molecule has 16 heteroatoms. The van der Waals surface area contributed by atoms with E-state index in [1.165, 1.54) is 23.9 Å². The topological polar surface area (TPSA) is 146 Å². The number of imide groups is 1. The minimum Gasteiger partial charge on any atom is -0.483 e. The standard InChI is InChI=1S/C34H31BrF3N3O7S2/c1-13(2)8-20(32(45)46)41-30(43)25-18-11-19(26(25)31(41)44)27-24(18)23(28-29(49-27)40-33(47)50-28)17-10-15(35)6-7-21(17)48-12-22(42)39-16-5-3-4-14(9-16)34(36,37)38/h3-7,9-10,13,18-20,23-27H,8,11-12H2,1-2H3,(H,39,42)(H,40,47)(H,45,46)/t18?,19?,20?,23-,24?,25?,26?,27?/m1/s1. The molecule has 0 radical (unpaired) electrons. The summed E-state index contributed by atoms with van der Waals surface area (Å²) in [6, 6.07) is 8.22. The number of aromatic nitrogens is 1. The van der Waals surface area contributed by atoms with E-state index in [4.69, 9.17) is 4.74 Å². The first-order valence-electron chi connectivity index (χ1n) is 16.0. The number of hydrogen-bond donors (Lipinski definition) is 3. The van der Waals surface area contributed by atoms with E-state index in [2.05, 4.69) is 26.2 Å². The van der Waals surface area contributed by atoms with Crippen LogP contribution in [0.5, 0.6) is 5.75 Å². The summed E-state index contributed by atoms with van der Waals surface area (Å²) in [7, 11) is 0. The van der Waals surface area contributed by atoms with Gasteiger partial charge in [-0.3, -0.25) is 24.1 Å². The van der Waals surface area contributed by atoms with E-state index in [1.807, 2.05) is 19.9 Å². The molecule has 8 atom stereocenters. The molecule has 50 heavy (non-hydrogen) atoms. The molecular weight excluding hydrogens is 763 g/mol. The summed E-state index contributed by atoms with van der Waals surface area (Å²) in [6.45, 7) is 3.15. The lowest BCUT2D eigenvalue weighted by molar-refractivity contribution is -0.156. The highest BCUT2D eigenvalue weighted by molar-refractivity contribution is 9.10. The number of nitrogens with zero attached hydrogens (tertiary/aromatic N) is 1. The van der Waals surface area contributed by atoms with Crippen molar-refractivity contribution in [3.63, 3.8) is 0 Å². The lowest BCUT2D eigenvalue weighted by Gasteiger charge is -2.43. The van der Waals surface area contributed by atoms with Crippen LogP contribution in [0.3, 0.4) is 0 Å². The van der Waals surface area contributed by atoms with Crippen LogP contribution in [0.4, 0.5) is 18.9 Å². The van der Waals surface area contributed by atoms with Crippen LogP contribution in [0.1, 0.15) is 48.6 Å². The van der Waals surface area contributed by atoms with Crippen molar-refractivity contribution in [2.75, 3.05) is 11.9 Å². The number of aliphatic carboxylic acids is 1. The van der Waals surface area contributed by atoms with Crippen molar-refractivity contribution in [1.29, 1.82) is 0 Å². The lowest BCUT2D eigenvalue weighted by Crippen LogP contribution is -2.47. The first-order chi connectivity index (χ1) is 23.6. The zero-order chi connectivity index (χ0) is 35.8. The summed E-state index contributed by atoms with van der Waals surface area (Å²) in [6.07, 6.45) is -3.85. The van der Waals surface area contributed by atoms with Crippen LogP contribution < -0.4 is 14.9 Å². The number of ether oxygens (including phenoxy) is 1. The van der Waals surface area contributed by atoms with Crippen LogP contribution in [0.15, 0.2) is 56.8 Å². The number of carboxylic acids is 1. The van der Waals surface area contributed by atoms with Crippen LogP contribution in [0.25, 0.3) is 0 Å². The van der Waals surface area contributed by atoms with Crippen LogP contribution in [-0.2, 0) is 25.4 Å². The molecular formula is C34H31BrF3N3O7S2. The summed E-state index contributed by atoms with van der Waals surface area (Å²) < 4.78 is 46.3. The molecule has 4 aliphatic rings. The Morgan fingerprint density at radius 3 is 2.50 bits per heavy atom. The number of thiazole rings is 1. The molecule has 1 saturated heterocycles. The first kappa shape index (κ1) is 34.8. The van der Waals surface area contributed by atoms with E-state index in [1.54, 1.807) is 12.1 Å². The van der Waals surface area contributed by atoms with Crippen molar-refractivity contribution in [3.8, 4) is 5.75 Å². The van der Waals surface area contributed by atoms with Crippen LogP contribution >= 0.6 is 39.0 Å². The average molecular weight is 795 g/mol. The Morgan fingerprint density at radius 2 is 1.82 bits per heavy atom. The van der Waals surface area contributed by atoms with Crippen molar-refractivity contribution in [1.82, 2.24) is 9.88 Å². The molecule has 3 fully saturated rings. The number of carbonyl (C=O) groups is 4. The zero-order valence-corrected chi connectivity index (χ0v) is 29.8. The second kappa shape index (κ2) is 12.9. The Balaban J connectivity index is 1.20. The van der Waals surface area contributed by atoms with Gasteiger partial charge in [-0.2, -0.15) is 13.2 Å². The lowest BCUT2D eigenvalue weighted by atomic mass is 9.68. The Bertz CT molecular complexity index is 1970. The predicted molar refractivity (Wildman–Crippen MR) is 181 cm³/mol. The highest BCUT2D eigenvalue weighted by Gasteiger charge is 2.70. The maximum atomic E-state index is 14.0. The second-order valence-electron chi connectivity index (χ2n) is 13.6. The number of fused-ring (bicyclic) bond motifs is 9. The number of nitrogens with one attached hydrogen (secondary N) is 2. The number of H-pyrrole nitrogens is 1. The second-order valence-corrected chi connectivity index (χ2v) is 16.7. The third-order valence-corrected chi connectivity index (χ3v) is 13.3. The monoisotopic (exact) mass is 793 g/mol. The number of aromatic amines is 1. The molecule has 3 heterocycles. The molecule has 3 amide bonds. The number of hydrogen-bond acceptors (Lipinski definition) is 8. The Kier molecular flexibility index (Phi) is 8.94. The fourth-order valence-corrected chi connectivity index (χ4v) is 11.7. The molecule has 264 valence electrons. The van der Waals surface area contributed by atoms with E-state index in [0.29, 0.717) is 27.2 Å². The molecule has 0 spiro atoms. The SMILES string of the molecule is CC(C)CC(C(=O)O)N1C(=O)C2C3CC(C2C1=O)C1C3Sc2[nH]c(=O)sc2[C@@H]1c1cc(Br)ccc1OCC(=O)Nc1cccc(C(F)(F)F)c1. The maximum absolute atomic E-state index is 14.0. The predicted octanol–water partition coefficient (Wildman–Crippen LogP) is 6.21. The molecule has 7 rings (SSSR count). The van der Waals surface area contributed by atoms with Crippen LogP contribution in [-0.4, -0.2) is 56.6 Å². The van der Waals surface area contributed by atoms with Gasteiger partial charge in [0.15, 0.2) is 6.61 Å². The molecule has 2 saturated carbocycles. The zero-order valence-electron chi connectivity index (χ0n) is 26.5. The largest absolute Gasteiger partial charge is 0.483 e. The number of amides is 3. The van der Waals surface area contributed by atoms with Crippen molar-refractivity contribution >= 4 is 68.4 Å². The highest BCUT2D eigenvalue weighted by atomic mass is 79.9. The van der Waals surface area contributed by atoms with Crippen molar-refractivity contribution in [2.45, 2.75) is 55.1 Å². The summed E-state index contributed by atoms with van der Waals surface area (Å²) in [5.41, 5.74) is -0.313. The average Bonchev–Trinajstić information content (AvgIpc) is 3.77. The van der Waals surface area contributed by atoms with Crippen LogP contribution in [0.2, 0.25) is 0 Å². The fourth-order valence-electron chi connectivity index (χ4n) is 8.47. The number of halogens is 4. The van der Waals surface area contributed by atoms with E-state index in [9.17, 15) is 42.3 Å². The molecule has 2 aliphatic carbocycles. The van der Waals surface area contributed by atoms with Crippen molar-refractivity contribution < 1.29 is 42.2 Å². The van der Waals surface area contributed by atoms with Gasteiger partial charge in [-0.15, -0.1) is 11.8 Å². The first-order valence-corrected chi connectivity index (χ1v) is 18.5. The number of carbonyl (C=O) groups excluding carboxylic acids is 3. The summed E-state index contributed by atoms with van der Waals surface area (Å²) in [5, 5.41) is 13.0. The summed E-state index contributed by atoms with van der Waals surface area (Å²) in [5.74, 6) is -5.14. The number of benzene rings is 2. The van der Waals surface area contributed by atoms with Gasteiger partial charge in [-0.25, -0.2) is 4.79 Å². The molecule has 10 nitrogen and oxygen atoms in total. The van der Waals surface area contributed by atoms with E-state index >= 15 is 0 Å². The van der Waals surface area contributed by atoms with Gasteiger partial charge < -0.3 is 20.1 Å². The Morgan fingerprint density at radius 1 is 1.10 bits per heavy atom. The fraction of sp³-hybridized carbons (Fsp3) is 0.441. The minimum absolute atomic E-state index is 0.0433. The molecule has 3 aromatic rings.